The highest BCUT2D eigenvalue weighted by Gasteiger charge is 2.13. The molecular weight excluding hydrogens is 430 g/mol. The molecule has 0 saturated carbocycles. The van der Waals surface area contributed by atoms with E-state index < -0.39 is 25.2 Å². The Hall–Kier alpha value is -1.86. The van der Waals surface area contributed by atoms with Crippen molar-refractivity contribution in [3.8, 4) is 11.5 Å². The fraction of sp³-hybridized carbons (Fsp3) is 0.125. The maximum absolute atomic E-state index is 11.5. The molecule has 2 aromatic rings. The second kappa shape index (κ2) is 9.73. The van der Waals surface area contributed by atoms with Crippen molar-refractivity contribution in [2.75, 3.05) is 13.2 Å². The maximum atomic E-state index is 11.5. The molecule has 138 valence electrons. The predicted octanol–water partition coefficient (Wildman–Crippen LogP) is 4.76. The van der Waals surface area contributed by atoms with Crippen LogP contribution in [0.25, 0.3) is 0 Å². The summed E-state index contributed by atoms with van der Waals surface area (Å²) in [5, 5.41) is 1.27. The lowest BCUT2D eigenvalue weighted by Crippen LogP contribution is -2.21. The molecule has 0 radical (unpaired) electrons. The van der Waals surface area contributed by atoms with Gasteiger partial charge in [0.2, 0.25) is 0 Å². The molecular formula is C16H10Cl4O6. The Morgan fingerprint density at radius 3 is 1.42 bits per heavy atom. The second-order valence-corrected chi connectivity index (χ2v) is 6.32. The molecule has 0 saturated heterocycles. The van der Waals surface area contributed by atoms with Gasteiger partial charge in [-0.3, -0.25) is 0 Å². The summed E-state index contributed by atoms with van der Waals surface area (Å²) in [4.78, 5) is 31.6. The molecule has 0 aromatic heterocycles. The number of ether oxygens (including phenoxy) is 2. The predicted molar refractivity (Wildman–Crippen MR) is 96.1 cm³/mol. The van der Waals surface area contributed by atoms with Gasteiger partial charge in [0, 0.05) is 10.0 Å². The first-order valence-corrected chi connectivity index (χ1v) is 8.42. The van der Waals surface area contributed by atoms with Crippen molar-refractivity contribution in [2.24, 2.45) is 0 Å². The largest absolute Gasteiger partial charge is 0.480 e. The molecule has 0 heterocycles. The van der Waals surface area contributed by atoms with Crippen LogP contribution in [0.15, 0.2) is 36.4 Å². The minimum atomic E-state index is -0.950. The summed E-state index contributed by atoms with van der Waals surface area (Å²) in [5.74, 6) is -1.46. The first-order chi connectivity index (χ1) is 12.3. The first-order valence-electron chi connectivity index (χ1n) is 6.91. The van der Waals surface area contributed by atoms with Crippen molar-refractivity contribution < 1.29 is 28.8 Å². The van der Waals surface area contributed by atoms with Gasteiger partial charge >= 0.3 is 11.9 Å². The van der Waals surface area contributed by atoms with E-state index in [-0.39, 0.29) is 21.5 Å². The maximum Gasteiger partial charge on any atom is 0.392 e. The molecule has 0 spiro atoms. The Labute approximate surface area is 168 Å². The van der Waals surface area contributed by atoms with Gasteiger partial charge in [-0.05, 0) is 36.4 Å². The lowest BCUT2D eigenvalue weighted by molar-refractivity contribution is -0.261. The van der Waals surface area contributed by atoms with Crippen molar-refractivity contribution in [2.45, 2.75) is 0 Å². The normalized spacial score (nSPS) is 10.2. The van der Waals surface area contributed by atoms with E-state index in [0.29, 0.717) is 10.0 Å². The highest BCUT2D eigenvalue weighted by molar-refractivity contribution is 6.36. The summed E-state index contributed by atoms with van der Waals surface area (Å²) in [6.45, 7) is -1.06. The quantitative estimate of drug-likeness (QED) is 0.477. The second-order valence-electron chi connectivity index (χ2n) is 4.64. The van der Waals surface area contributed by atoms with Crippen molar-refractivity contribution in [1.29, 1.82) is 0 Å². The number of carbonyl (C=O) groups is 2. The summed E-state index contributed by atoms with van der Waals surface area (Å²) in [5.41, 5.74) is 0. The molecule has 26 heavy (non-hydrogen) atoms. The molecule has 0 N–H and O–H groups in total. The lowest BCUT2D eigenvalue weighted by atomic mass is 10.3. The zero-order valence-electron chi connectivity index (χ0n) is 12.8. The van der Waals surface area contributed by atoms with Crippen molar-refractivity contribution in [3.05, 3.63) is 56.5 Å². The Morgan fingerprint density at radius 2 is 1.08 bits per heavy atom. The highest BCUT2D eigenvalue weighted by atomic mass is 35.5. The molecule has 0 aliphatic heterocycles. The molecule has 10 heteroatoms. The van der Waals surface area contributed by atoms with Gasteiger partial charge < -0.3 is 9.47 Å². The van der Waals surface area contributed by atoms with Crippen LogP contribution >= 0.6 is 46.4 Å². The van der Waals surface area contributed by atoms with Gasteiger partial charge in [0.15, 0.2) is 13.2 Å². The average molecular weight is 440 g/mol. The Morgan fingerprint density at radius 1 is 0.692 bits per heavy atom. The van der Waals surface area contributed by atoms with E-state index in [1.807, 2.05) is 0 Å². The minimum Gasteiger partial charge on any atom is -0.480 e. The van der Waals surface area contributed by atoms with Gasteiger partial charge in [-0.15, -0.1) is 0 Å². The Bertz CT molecular complexity index is 744. The van der Waals surface area contributed by atoms with E-state index in [0.717, 1.165) is 0 Å². The third kappa shape index (κ3) is 6.46. The Balaban J connectivity index is 1.72. The molecule has 6 nitrogen and oxygen atoms in total. The fourth-order valence-electron chi connectivity index (χ4n) is 1.60. The van der Waals surface area contributed by atoms with Crippen LogP contribution in [0.2, 0.25) is 20.1 Å². The summed E-state index contributed by atoms with van der Waals surface area (Å²) in [7, 11) is 0. The molecule has 0 aliphatic carbocycles. The molecule has 2 aromatic carbocycles. The summed E-state index contributed by atoms with van der Waals surface area (Å²) < 4.78 is 10.2. The van der Waals surface area contributed by atoms with Gasteiger partial charge in [-0.2, -0.15) is 0 Å². The lowest BCUT2D eigenvalue weighted by Gasteiger charge is -2.08. The Kier molecular flexibility index (Phi) is 7.66. The van der Waals surface area contributed by atoms with Crippen LogP contribution in [0.5, 0.6) is 11.5 Å². The first kappa shape index (κ1) is 20.5. The van der Waals surface area contributed by atoms with Gasteiger partial charge in [0.05, 0.1) is 10.0 Å². The molecule has 0 bridgehead atoms. The van der Waals surface area contributed by atoms with Crippen molar-refractivity contribution in [1.82, 2.24) is 0 Å². The van der Waals surface area contributed by atoms with Gasteiger partial charge in [0.25, 0.3) is 0 Å². The summed E-state index contributed by atoms with van der Waals surface area (Å²) in [6, 6.07) is 8.92. The van der Waals surface area contributed by atoms with E-state index in [4.69, 9.17) is 55.9 Å². The SMILES string of the molecule is O=C(COc1ccc(Cl)cc1Cl)OOC(=O)COc1ccc(Cl)cc1Cl. The summed E-state index contributed by atoms with van der Waals surface area (Å²) in [6.07, 6.45) is 0. The van der Waals surface area contributed by atoms with Crippen LogP contribution in [-0.2, 0) is 19.4 Å². The zero-order chi connectivity index (χ0) is 19.1. The van der Waals surface area contributed by atoms with E-state index in [1.54, 1.807) is 0 Å². The highest BCUT2D eigenvalue weighted by Crippen LogP contribution is 2.28. The smallest absolute Gasteiger partial charge is 0.392 e. The number of rotatable bonds is 6. The molecule has 0 unspecified atom stereocenters. The monoisotopic (exact) mass is 438 g/mol. The third-order valence-electron chi connectivity index (χ3n) is 2.71. The van der Waals surface area contributed by atoms with Gasteiger partial charge in [-0.25, -0.2) is 19.4 Å². The molecule has 0 amide bonds. The van der Waals surface area contributed by atoms with E-state index in [9.17, 15) is 9.59 Å². The molecule has 2 rings (SSSR count). The summed E-state index contributed by atoms with van der Waals surface area (Å²) >= 11 is 23.2. The van der Waals surface area contributed by atoms with Gasteiger partial charge in [-0.1, -0.05) is 46.4 Å². The standard InChI is InChI=1S/C16H10Cl4O6/c17-9-1-3-13(11(19)5-9)23-7-15(21)25-26-16(22)8-24-14-4-2-10(18)6-12(14)20/h1-6H,7-8H2. The topological polar surface area (TPSA) is 71.1 Å². The van der Waals surface area contributed by atoms with Crippen LogP contribution in [0.1, 0.15) is 0 Å². The average Bonchev–Trinajstić information content (AvgIpc) is 2.58. The number of hydrogen-bond acceptors (Lipinski definition) is 6. The number of benzene rings is 2. The van der Waals surface area contributed by atoms with Crippen LogP contribution < -0.4 is 9.47 Å². The molecule has 0 aliphatic rings. The van der Waals surface area contributed by atoms with Crippen LogP contribution in [0.4, 0.5) is 0 Å². The van der Waals surface area contributed by atoms with Gasteiger partial charge in [0.1, 0.15) is 11.5 Å². The van der Waals surface area contributed by atoms with E-state index in [1.165, 1.54) is 36.4 Å². The van der Waals surface area contributed by atoms with Crippen LogP contribution in [-0.4, -0.2) is 25.2 Å². The van der Waals surface area contributed by atoms with Crippen molar-refractivity contribution >= 4 is 58.3 Å². The number of carbonyl (C=O) groups excluding carboxylic acids is 2. The minimum absolute atomic E-state index is 0.218. The fourth-order valence-corrected chi connectivity index (χ4v) is 2.53. The van der Waals surface area contributed by atoms with Crippen LogP contribution in [0.3, 0.4) is 0 Å². The number of hydrogen-bond donors (Lipinski definition) is 0. The van der Waals surface area contributed by atoms with E-state index in [2.05, 4.69) is 9.78 Å². The third-order valence-corrected chi connectivity index (χ3v) is 3.77. The van der Waals surface area contributed by atoms with E-state index >= 15 is 0 Å². The number of halogens is 4. The molecule has 0 fully saturated rings. The van der Waals surface area contributed by atoms with Crippen LogP contribution in [0, 0.1) is 0 Å². The molecule has 0 atom stereocenters. The van der Waals surface area contributed by atoms with Crippen molar-refractivity contribution in [3.63, 3.8) is 0 Å². The zero-order valence-corrected chi connectivity index (χ0v) is 15.9.